The van der Waals surface area contributed by atoms with Gasteiger partial charge in [0.05, 0.1) is 33.6 Å². The second-order valence-corrected chi connectivity index (χ2v) is 5.21. The lowest BCUT2D eigenvalue weighted by molar-refractivity contribution is -0.111. The SMILES string of the molecule is CCOc1ccccc1NC(=O)/C=C/c1cc(OC)c(OC)c(OC)c1. The fourth-order valence-electron chi connectivity index (χ4n) is 2.40. The number of hydrogen-bond acceptors (Lipinski definition) is 5. The monoisotopic (exact) mass is 357 g/mol. The Labute approximate surface area is 153 Å². The van der Waals surface area contributed by atoms with Crippen LogP contribution in [0.2, 0.25) is 0 Å². The first-order valence-corrected chi connectivity index (χ1v) is 8.13. The van der Waals surface area contributed by atoms with Crippen LogP contribution in [-0.2, 0) is 4.79 Å². The molecule has 6 heteroatoms. The van der Waals surface area contributed by atoms with Crippen molar-refractivity contribution in [3.05, 3.63) is 48.0 Å². The van der Waals surface area contributed by atoms with Crippen molar-refractivity contribution in [3.8, 4) is 23.0 Å². The standard InChI is InChI=1S/C20H23NO5/c1-5-26-16-9-7-6-8-15(16)21-19(22)11-10-14-12-17(23-2)20(25-4)18(13-14)24-3/h6-13H,5H2,1-4H3,(H,21,22)/b11-10+. The van der Waals surface area contributed by atoms with Crippen molar-refractivity contribution in [1.29, 1.82) is 0 Å². The van der Waals surface area contributed by atoms with Crippen LogP contribution in [0.5, 0.6) is 23.0 Å². The molecule has 0 fully saturated rings. The predicted molar refractivity (Wildman–Crippen MR) is 101 cm³/mol. The summed E-state index contributed by atoms with van der Waals surface area (Å²) in [6.07, 6.45) is 3.10. The topological polar surface area (TPSA) is 66.0 Å². The molecular weight excluding hydrogens is 334 g/mol. The number of benzene rings is 2. The van der Waals surface area contributed by atoms with Gasteiger partial charge in [-0.1, -0.05) is 12.1 Å². The highest BCUT2D eigenvalue weighted by molar-refractivity contribution is 6.02. The molecule has 138 valence electrons. The van der Waals surface area contributed by atoms with Gasteiger partial charge in [0.1, 0.15) is 5.75 Å². The second-order valence-electron chi connectivity index (χ2n) is 5.21. The third-order valence-corrected chi connectivity index (χ3v) is 3.56. The summed E-state index contributed by atoms with van der Waals surface area (Å²) in [6.45, 7) is 2.41. The number of para-hydroxylation sites is 2. The fourth-order valence-corrected chi connectivity index (χ4v) is 2.40. The molecule has 2 aromatic rings. The number of nitrogens with one attached hydrogen (secondary N) is 1. The van der Waals surface area contributed by atoms with Gasteiger partial charge in [0.25, 0.3) is 0 Å². The molecule has 26 heavy (non-hydrogen) atoms. The van der Waals surface area contributed by atoms with Gasteiger partial charge in [-0.05, 0) is 42.8 Å². The van der Waals surface area contributed by atoms with Crippen molar-refractivity contribution >= 4 is 17.7 Å². The molecule has 0 atom stereocenters. The molecule has 6 nitrogen and oxygen atoms in total. The van der Waals surface area contributed by atoms with Crippen molar-refractivity contribution in [2.75, 3.05) is 33.3 Å². The van der Waals surface area contributed by atoms with Crippen LogP contribution in [0.15, 0.2) is 42.5 Å². The fraction of sp³-hybridized carbons (Fsp3) is 0.250. The van der Waals surface area contributed by atoms with Gasteiger partial charge in [-0.15, -0.1) is 0 Å². The summed E-state index contributed by atoms with van der Waals surface area (Å²) in [4.78, 5) is 12.2. The molecular formula is C20H23NO5. The van der Waals surface area contributed by atoms with Crippen molar-refractivity contribution in [1.82, 2.24) is 0 Å². The largest absolute Gasteiger partial charge is 0.493 e. The quantitative estimate of drug-likeness (QED) is 0.729. The predicted octanol–water partition coefficient (Wildman–Crippen LogP) is 3.76. The van der Waals surface area contributed by atoms with E-state index in [1.54, 1.807) is 45.6 Å². The van der Waals surface area contributed by atoms with Crippen LogP contribution in [0.3, 0.4) is 0 Å². The second kappa shape index (κ2) is 9.36. The highest BCUT2D eigenvalue weighted by atomic mass is 16.5. The number of hydrogen-bond donors (Lipinski definition) is 1. The number of amides is 1. The zero-order valence-electron chi connectivity index (χ0n) is 15.4. The van der Waals surface area contributed by atoms with Crippen LogP contribution in [-0.4, -0.2) is 33.8 Å². The van der Waals surface area contributed by atoms with Gasteiger partial charge in [-0.3, -0.25) is 4.79 Å². The Balaban J connectivity index is 2.18. The Morgan fingerprint density at radius 3 is 2.23 bits per heavy atom. The van der Waals surface area contributed by atoms with Crippen LogP contribution >= 0.6 is 0 Å². The van der Waals surface area contributed by atoms with Gasteiger partial charge in [0.15, 0.2) is 11.5 Å². The van der Waals surface area contributed by atoms with Crippen LogP contribution < -0.4 is 24.3 Å². The average Bonchev–Trinajstić information content (AvgIpc) is 2.67. The van der Waals surface area contributed by atoms with E-state index in [-0.39, 0.29) is 5.91 Å². The van der Waals surface area contributed by atoms with Crippen LogP contribution in [0.1, 0.15) is 12.5 Å². The van der Waals surface area contributed by atoms with E-state index in [0.29, 0.717) is 35.3 Å². The summed E-state index contributed by atoms with van der Waals surface area (Å²) in [5.41, 5.74) is 1.36. The van der Waals surface area contributed by atoms with Crippen LogP contribution in [0.4, 0.5) is 5.69 Å². The van der Waals surface area contributed by atoms with Gasteiger partial charge < -0.3 is 24.3 Å². The molecule has 0 aliphatic carbocycles. The van der Waals surface area contributed by atoms with Gasteiger partial charge in [0.2, 0.25) is 11.7 Å². The first-order chi connectivity index (χ1) is 12.6. The summed E-state index contributed by atoms with van der Waals surface area (Å²) in [5.74, 6) is 1.90. The maximum atomic E-state index is 12.2. The number of methoxy groups -OCH3 is 3. The van der Waals surface area contributed by atoms with E-state index in [9.17, 15) is 4.79 Å². The van der Waals surface area contributed by atoms with Crippen molar-refractivity contribution in [2.24, 2.45) is 0 Å². The van der Waals surface area contributed by atoms with Gasteiger partial charge in [-0.25, -0.2) is 0 Å². The Bertz CT molecular complexity index is 761. The number of anilines is 1. The van der Waals surface area contributed by atoms with Crippen molar-refractivity contribution in [2.45, 2.75) is 6.92 Å². The average molecular weight is 357 g/mol. The molecule has 1 N–H and O–H groups in total. The summed E-state index contributed by atoms with van der Waals surface area (Å²) in [6, 6.07) is 10.8. The zero-order valence-corrected chi connectivity index (χ0v) is 15.4. The van der Waals surface area contributed by atoms with E-state index < -0.39 is 0 Å². The molecule has 1 amide bonds. The lowest BCUT2D eigenvalue weighted by atomic mass is 10.1. The molecule has 0 aliphatic heterocycles. The Kier molecular flexibility index (Phi) is 6.91. The van der Waals surface area contributed by atoms with Crippen LogP contribution in [0, 0.1) is 0 Å². The third-order valence-electron chi connectivity index (χ3n) is 3.56. The molecule has 0 aromatic heterocycles. The number of rotatable bonds is 8. The molecule has 0 aliphatic rings. The first kappa shape index (κ1) is 19.2. The summed E-state index contributed by atoms with van der Waals surface area (Å²) >= 11 is 0. The molecule has 0 saturated carbocycles. The van der Waals surface area contributed by atoms with Gasteiger partial charge >= 0.3 is 0 Å². The van der Waals surface area contributed by atoms with E-state index >= 15 is 0 Å². The number of ether oxygens (including phenoxy) is 4. The van der Waals surface area contributed by atoms with E-state index in [4.69, 9.17) is 18.9 Å². The summed E-state index contributed by atoms with van der Waals surface area (Å²) in [7, 11) is 4.63. The normalized spacial score (nSPS) is 10.5. The van der Waals surface area contributed by atoms with Gasteiger partial charge in [-0.2, -0.15) is 0 Å². The third kappa shape index (κ3) is 4.69. The van der Waals surface area contributed by atoms with E-state index in [1.165, 1.54) is 6.08 Å². The van der Waals surface area contributed by atoms with Crippen molar-refractivity contribution in [3.63, 3.8) is 0 Å². The molecule has 0 saturated heterocycles. The van der Waals surface area contributed by atoms with Gasteiger partial charge in [0, 0.05) is 6.08 Å². The molecule has 0 radical (unpaired) electrons. The lowest BCUT2D eigenvalue weighted by Gasteiger charge is -2.13. The number of carbonyl (C=O) groups is 1. The molecule has 0 heterocycles. The molecule has 0 bridgehead atoms. The minimum absolute atomic E-state index is 0.272. The Hall–Kier alpha value is -3.15. The highest BCUT2D eigenvalue weighted by Crippen LogP contribution is 2.38. The molecule has 2 rings (SSSR count). The summed E-state index contributed by atoms with van der Waals surface area (Å²) < 4.78 is 21.4. The van der Waals surface area contributed by atoms with E-state index in [1.807, 2.05) is 25.1 Å². The van der Waals surface area contributed by atoms with Crippen molar-refractivity contribution < 1.29 is 23.7 Å². The highest BCUT2D eigenvalue weighted by Gasteiger charge is 2.12. The molecule has 0 unspecified atom stereocenters. The summed E-state index contributed by atoms with van der Waals surface area (Å²) in [5, 5.41) is 2.81. The maximum absolute atomic E-state index is 12.2. The maximum Gasteiger partial charge on any atom is 0.248 e. The Morgan fingerprint density at radius 2 is 1.65 bits per heavy atom. The lowest BCUT2D eigenvalue weighted by Crippen LogP contribution is -2.09. The molecule has 2 aromatic carbocycles. The van der Waals surface area contributed by atoms with E-state index in [0.717, 1.165) is 5.56 Å². The first-order valence-electron chi connectivity index (χ1n) is 8.13. The zero-order chi connectivity index (χ0) is 18.9. The number of carbonyl (C=O) groups excluding carboxylic acids is 1. The smallest absolute Gasteiger partial charge is 0.248 e. The van der Waals surface area contributed by atoms with Crippen LogP contribution in [0.25, 0.3) is 6.08 Å². The van der Waals surface area contributed by atoms with E-state index in [2.05, 4.69) is 5.32 Å². The Morgan fingerprint density at radius 1 is 1.00 bits per heavy atom. The minimum Gasteiger partial charge on any atom is -0.493 e. The minimum atomic E-state index is -0.272. The molecule has 0 spiro atoms.